The minimum atomic E-state index is 0.271. The molecule has 0 saturated carbocycles. The molecule has 0 atom stereocenters. The molecule has 0 amide bonds. The molecule has 1 rings (SSSR count). The average Bonchev–Trinajstić information content (AvgIpc) is 2.42. The first kappa shape index (κ1) is 14.8. The van der Waals surface area contributed by atoms with Gasteiger partial charge in [-0.2, -0.15) is 5.10 Å². The van der Waals surface area contributed by atoms with Crippen LogP contribution in [0.2, 0.25) is 0 Å². The fourth-order valence-electron chi connectivity index (χ4n) is 1.83. The maximum Gasteiger partial charge on any atom is 0.245 e. The van der Waals surface area contributed by atoms with E-state index in [1.165, 1.54) is 0 Å². The van der Waals surface area contributed by atoms with Crippen LogP contribution in [0.3, 0.4) is 0 Å². The Morgan fingerprint density at radius 2 is 1.72 bits per heavy atom. The molecule has 1 heterocycles. The molecule has 0 unspecified atom stereocenters. The summed E-state index contributed by atoms with van der Waals surface area (Å²) in [5.74, 6) is 0.702. The quantitative estimate of drug-likeness (QED) is 0.712. The first-order chi connectivity index (χ1) is 8.72. The SMILES string of the molecule is CCc1nnc(N(C)CCCCCO)nc1CC. The van der Waals surface area contributed by atoms with Gasteiger partial charge in [0.05, 0.1) is 11.4 Å². The summed E-state index contributed by atoms with van der Waals surface area (Å²) in [4.78, 5) is 6.59. The summed E-state index contributed by atoms with van der Waals surface area (Å²) in [6.07, 6.45) is 4.70. The fourth-order valence-corrected chi connectivity index (χ4v) is 1.83. The zero-order valence-corrected chi connectivity index (χ0v) is 11.7. The van der Waals surface area contributed by atoms with Crippen molar-refractivity contribution in [3.8, 4) is 0 Å². The van der Waals surface area contributed by atoms with Crippen molar-refractivity contribution in [2.75, 3.05) is 25.1 Å². The first-order valence-electron chi connectivity index (χ1n) is 6.77. The lowest BCUT2D eigenvalue weighted by atomic mass is 10.2. The Labute approximate surface area is 109 Å². The number of aliphatic hydroxyl groups excluding tert-OH is 1. The second-order valence-electron chi connectivity index (χ2n) is 4.42. The minimum Gasteiger partial charge on any atom is -0.396 e. The van der Waals surface area contributed by atoms with Gasteiger partial charge in [0, 0.05) is 20.2 Å². The normalized spacial score (nSPS) is 10.7. The number of hydrogen-bond acceptors (Lipinski definition) is 5. The van der Waals surface area contributed by atoms with Crippen LogP contribution in [0, 0.1) is 0 Å². The zero-order valence-electron chi connectivity index (χ0n) is 11.7. The van der Waals surface area contributed by atoms with Crippen LogP contribution in [0.15, 0.2) is 0 Å². The van der Waals surface area contributed by atoms with Crippen LogP contribution < -0.4 is 4.90 Å². The molecule has 1 N–H and O–H groups in total. The van der Waals surface area contributed by atoms with Gasteiger partial charge in [0.2, 0.25) is 5.95 Å². The van der Waals surface area contributed by atoms with Gasteiger partial charge in [-0.15, -0.1) is 5.10 Å². The van der Waals surface area contributed by atoms with Gasteiger partial charge in [0.25, 0.3) is 0 Å². The van der Waals surface area contributed by atoms with E-state index < -0.39 is 0 Å². The van der Waals surface area contributed by atoms with Gasteiger partial charge in [0.1, 0.15) is 0 Å². The van der Waals surface area contributed by atoms with Crippen LogP contribution in [0.25, 0.3) is 0 Å². The lowest BCUT2D eigenvalue weighted by Gasteiger charge is -2.17. The van der Waals surface area contributed by atoms with Crippen LogP contribution in [0.4, 0.5) is 5.95 Å². The first-order valence-corrected chi connectivity index (χ1v) is 6.77. The molecule has 1 aromatic heterocycles. The van der Waals surface area contributed by atoms with Crippen molar-refractivity contribution in [2.24, 2.45) is 0 Å². The van der Waals surface area contributed by atoms with Gasteiger partial charge in [-0.3, -0.25) is 0 Å². The molecular weight excluding hydrogens is 228 g/mol. The molecule has 0 radical (unpaired) electrons. The van der Waals surface area contributed by atoms with E-state index in [9.17, 15) is 0 Å². The molecule has 5 nitrogen and oxygen atoms in total. The molecule has 1 aromatic rings. The zero-order chi connectivity index (χ0) is 13.4. The van der Waals surface area contributed by atoms with Gasteiger partial charge in [-0.05, 0) is 32.1 Å². The fraction of sp³-hybridized carbons (Fsp3) is 0.769. The number of aliphatic hydroxyl groups is 1. The van der Waals surface area contributed by atoms with Gasteiger partial charge in [0.15, 0.2) is 0 Å². The van der Waals surface area contributed by atoms with Crippen molar-refractivity contribution < 1.29 is 5.11 Å². The number of hydrogen-bond donors (Lipinski definition) is 1. The molecule has 5 heteroatoms. The maximum absolute atomic E-state index is 8.73. The molecule has 0 aliphatic rings. The molecule has 0 saturated heterocycles. The second-order valence-corrected chi connectivity index (χ2v) is 4.42. The van der Waals surface area contributed by atoms with Crippen molar-refractivity contribution in [2.45, 2.75) is 46.0 Å². The van der Waals surface area contributed by atoms with E-state index in [1.54, 1.807) is 0 Å². The Balaban J connectivity index is 2.59. The summed E-state index contributed by atoms with van der Waals surface area (Å²) in [6.45, 7) is 5.33. The highest BCUT2D eigenvalue weighted by Crippen LogP contribution is 2.10. The highest BCUT2D eigenvalue weighted by molar-refractivity contribution is 5.28. The highest BCUT2D eigenvalue weighted by Gasteiger charge is 2.09. The molecule has 0 fully saturated rings. The Morgan fingerprint density at radius 1 is 1.00 bits per heavy atom. The Kier molecular flexibility index (Phi) is 6.57. The number of aromatic nitrogens is 3. The van der Waals surface area contributed by atoms with Crippen molar-refractivity contribution in [1.29, 1.82) is 0 Å². The van der Waals surface area contributed by atoms with E-state index in [0.717, 1.165) is 50.0 Å². The van der Waals surface area contributed by atoms with Crippen LogP contribution in [-0.4, -0.2) is 40.5 Å². The van der Waals surface area contributed by atoms with E-state index in [0.29, 0.717) is 5.95 Å². The third-order valence-corrected chi connectivity index (χ3v) is 2.99. The standard InChI is InChI=1S/C13H24N4O/c1-4-11-12(5-2)15-16-13(14-11)17(3)9-7-6-8-10-18/h18H,4-10H2,1-3H3. The third kappa shape index (κ3) is 4.22. The van der Waals surface area contributed by atoms with Gasteiger partial charge < -0.3 is 10.0 Å². The van der Waals surface area contributed by atoms with Gasteiger partial charge in [-0.25, -0.2) is 4.98 Å². The van der Waals surface area contributed by atoms with E-state index in [-0.39, 0.29) is 6.61 Å². The van der Waals surface area contributed by atoms with E-state index in [2.05, 4.69) is 29.0 Å². The van der Waals surface area contributed by atoms with E-state index in [4.69, 9.17) is 5.11 Å². The Hall–Kier alpha value is -1.23. The predicted molar refractivity (Wildman–Crippen MR) is 72.8 cm³/mol. The molecule has 0 aliphatic carbocycles. The van der Waals surface area contributed by atoms with E-state index in [1.807, 2.05) is 11.9 Å². The third-order valence-electron chi connectivity index (χ3n) is 2.99. The highest BCUT2D eigenvalue weighted by atomic mass is 16.2. The molecule has 102 valence electrons. The van der Waals surface area contributed by atoms with Gasteiger partial charge >= 0.3 is 0 Å². The summed E-state index contributed by atoms with van der Waals surface area (Å²) < 4.78 is 0. The topological polar surface area (TPSA) is 62.1 Å². The number of rotatable bonds is 8. The minimum absolute atomic E-state index is 0.271. The Bertz CT molecular complexity index is 357. The predicted octanol–water partition coefficient (Wildman–Crippen LogP) is 1.60. The molecule has 0 bridgehead atoms. The number of unbranched alkanes of at least 4 members (excludes halogenated alkanes) is 2. The maximum atomic E-state index is 8.73. The summed E-state index contributed by atoms with van der Waals surface area (Å²) in [5.41, 5.74) is 2.04. The van der Waals surface area contributed by atoms with Gasteiger partial charge in [-0.1, -0.05) is 13.8 Å². The number of nitrogens with zero attached hydrogens (tertiary/aromatic N) is 4. The van der Waals surface area contributed by atoms with E-state index >= 15 is 0 Å². The molecule has 18 heavy (non-hydrogen) atoms. The van der Waals surface area contributed by atoms with Crippen molar-refractivity contribution in [1.82, 2.24) is 15.2 Å². The number of aryl methyl sites for hydroxylation is 2. The summed E-state index contributed by atoms with van der Waals surface area (Å²) in [7, 11) is 1.99. The molecule has 0 aromatic carbocycles. The molecule has 0 spiro atoms. The summed E-state index contributed by atoms with van der Waals surface area (Å²) >= 11 is 0. The summed E-state index contributed by atoms with van der Waals surface area (Å²) in [5, 5.41) is 17.1. The molecular formula is C13H24N4O. The lowest BCUT2D eigenvalue weighted by molar-refractivity contribution is 0.283. The van der Waals surface area contributed by atoms with Crippen LogP contribution in [0.5, 0.6) is 0 Å². The lowest BCUT2D eigenvalue weighted by Crippen LogP contribution is -2.22. The average molecular weight is 252 g/mol. The van der Waals surface area contributed by atoms with Crippen molar-refractivity contribution in [3.63, 3.8) is 0 Å². The van der Waals surface area contributed by atoms with Crippen molar-refractivity contribution in [3.05, 3.63) is 11.4 Å². The summed E-state index contributed by atoms with van der Waals surface area (Å²) in [6, 6.07) is 0. The monoisotopic (exact) mass is 252 g/mol. The second kappa shape index (κ2) is 7.97. The Morgan fingerprint density at radius 3 is 2.33 bits per heavy atom. The van der Waals surface area contributed by atoms with Crippen LogP contribution in [-0.2, 0) is 12.8 Å². The van der Waals surface area contributed by atoms with Crippen molar-refractivity contribution >= 4 is 5.95 Å². The molecule has 0 aliphatic heterocycles. The largest absolute Gasteiger partial charge is 0.396 e. The van der Waals surface area contributed by atoms with Crippen LogP contribution >= 0.6 is 0 Å². The number of anilines is 1. The van der Waals surface area contributed by atoms with Crippen LogP contribution in [0.1, 0.15) is 44.5 Å². The smallest absolute Gasteiger partial charge is 0.245 e.